The maximum Gasteiger partial charge on any atom is 0.255 e. The van der Waals surface area contributed by atoms with Gasteiger partial charge in [0.25, 0.3) is 5.91 Å². The molecule has 0 saturated heterocycles. The lowest BCUT2D eigenvalue weighted by molar-refractivity contribution is 0.0773. The number of para-hydroxylation sites is 1. The van der Waals surface area contributed by atoms with Crippen LogP contribution < -0.4 is 9.46 Å². The smallest absolute Gasteiger partial charge is 0.255 e. The van der Waals surface area contributed by atoms with Crippen LogP contribution in [0.25, 0.3) is 0 Å². The minimum Gasteiger partial charge on any atom is -0.492 e. The van der Waals surface area contributed by atoms with Gasteiger partial charge in [0.05, 0.1) is 22.0 Å². The van der Waals surface area contributed by atoms with Gasteiger partial charge in [-0.2, -0.15) is 0 Å². The van der Waals surface area contributed by atoms with Crippen LogP contribution in [-0.4, -0.2) is 46.5 Å². The van der Waals surface area contributed by atoms with Crippen LogP contribution in [0.5, 0.6) is 5.75 Å². The number of carbonyl (C=O) groups excluding carboxylic acids is 1. The minimum atomic E-state index is -3.65. The number of ether oxygens (including phenoxy) is 1. The SMILES string of the molecule is CNS(=O)(=O)c1ccc(Cl)c(C(=O)N(C)CCOc2ccccc2)c1. The average Bonchev–Trinajstić information content (AvgIpc) is 2.62. The molecule has 6 nitrogen and oxygen atoms in total. The normalized spacial score (nSPS) is 11.2. The Morgan fingerprint density at radius 3 is 2.52 bits per heavy atom. The predicted octanol–water partition coefficient (Wildman–Crippen LogP) is 2.40. The third-order valence-electron chi connectivity index (χ3n) is 3.53. The summed E-state index contributed by atoms with van der Waals surface area (Å²) in [4.78, 5) is 14.0. The van der Waals surface area contributed by atoms with Crippen LogP contribution in [0.2, 0.25) is 5.02 Å². The van der Waals surface area contributed by atoms with Gasteiger partial charge in [-0.25, -0.2) is 13.1 Å². The summed E-state index contributed by atoms with van der Waals surface area (Å²) in [7, 11) is -0.746. The van der Waals surface area contributed by atoms with Gasteiger partial charge in [-0.15, -0.1) is 0 Å². The van der Waals surface area contributed by atoms with E-state index in [4.69, 9.17) is 16.3 Å². The van der Waals surface area contributed by atoms with E-state index in [1.165, 1.54) is 30.1 Å². The lowest BCUT2D eigenvalue weighted by Gasteiger charge is -2.18. The fourth-order valence-corrected chi connectivity index (χ4v) is 3.03. The molecule has 0 fully saturated rings. The highest BCUT2D eigenvalue weighted by Crippen LogP contribution is 2.21. The van der Waals surface area contributed by atoms with Gasteiger partial charge in [-0.3, -0.25) is 4.79 Å². The molecule has 1 N–H and O–H groups in total. The highest BCUT2D eigenvalue weighted by Gasteiger charge is 2.19. The second-order valence-corrected chi connectivity index (χ2v) is 7.53. The Hall–Kier alpha value is -2.09. The topological polar surface area (TPSA) is 75.7 Å². The van der Waals surface area contributed by atoms with Gasteiger partial charge in [0, 0.05) is 7.05 Å². The molecule has 0 aliphatic heterocycles. The number of halogens is 1. The van der Waals surface area contributed by atoms with E-state index in [1.54, 1.807) is 7.05 Å². The number of carbonyl (C=O) groups is 1. The molecule has 0 unspecified atom stereocenters. The largest absolute Gasteiger partial charge is 0.492 e. The van der Waals surface area contributed by atoms with Crippen LogP contribution >= 0.6 is 11.6 Å². The summed E-state index contributed by atoms with van der Waals surface area (Å²) in [6, 6.07) is 13.3. The molecule has 0 aliphatic rings. The van der Waals surface area contributed by atoms with Crippen molar-refractivity contribution in [2.75, 3.05) is 27.2 Å². The zero-order chi connectivity index (χ0) is 18.4. The Balaban J connectivity index is 2.07. The van der Waals surface area contributed by atoms with Gasteiger partial charge in [0.15, 0.2) is 0 Å². The number of rotatable bonds is 7. The second-order valence-electron chi connectivity index (χ2n) is 5.24. The molecule has 0 bridgehead atoms. The van der Waals surface area contributed by atoms with Crippen LogP contribution in [0.3, 0.4) is 0 Å². The molecule has 0 heterocycles. The quantitative estimate of drug-likeness (QED) is 0.797. The van der Waals surface area contributed by atoms with Gasteiger partial charge < -0.3 is 9.64 Å². The van der Waals surface area contributed by atoms with Crippen molar-refractivity contribution in [3.05, 3.63) is 59.1 Å². The van der Waals surface area contributed by atoms with Crippen LogP contribution in [0, 0.1) is 0 Å². The fraction of sp³-hybridized carbons (Fsp3) is 0.235. The van der Waals surface area contributed by atoms with Crippen LogP contribution in [-0.2, 0) is 10.0 Å². The zero-order valence-electron chi connectivity index (χ0n) is 13.9. The zero-order valence-corrected chi connectivity index (χ0v) is 15.5. The van der Waals surface area contributed by atoms with E-state index in [-0.39, 0.29) is 21.4 Å². The monoisotopic (exact) mass is 382 g/mol. The van der Waals surface area contributed by atoms with E-state index in [2.05, 4.69) is 4.72 Å². The molecule has 25 heavy (non-hydrogen) atoms. The van der Waals surface area contributed by atoms with Crippen molar-refractivity contribution >= 4 is 27.5 Å². The summed E-state index contributed by atoms with van der Waals surface area (Å²) < 4.78 is 31.5. The van der Waals surface area contributed by atoms with E-state index >= 15 is 0 Å². The number of nitrogens with one attached hydrogen (secondary N) is 1. The summed E-state index contributed by atoms with van der Waals surface area (Å²) in [6.07, 6.45) is 0. The third kappa shape index (κ3) is 4.94. The molecule has 0 aromatic heterocycles. The van der Waals surface area contributed by atoms with Crippen LogP contribution in [0.1, 0.15) is 10.4 Å². The van der Waals surface area contributed by atoms with E-state index in [0.717, 1.165) is 0 Å². The maximum atomic E-state index is 12.5. The summed E-state index contributed by atoms with van der Waals surface area (Å²) in [6.45, 7) is 0.630. The van der Waals surface area contributed by atoms with Crippen molar-refractivity contribution in [1.82, 2.24) is 9.62 Å². The van der Waals surface area contributed by atoms with Gasteiger partial charge >= 0.3 is 0 Å². The van der Waals surface area contributed by atoms with E-state index in [1.807, 2.05) is 30.3 Å². The van der Waals surface area contributed by atoms with Gasteiger partial charge in [0.1, 0.15) is 12.4 Å². The van der Waals surface area contributed by atoms with Gasteiger partial charge in [-0.1, -0.05) is 29.8 Å². The Labute approximate surface area is 152 Å². The van der Waals surface area contributed by atoms with E-state index < -0.39 is 10.0 Å². The first-order chi connectivity index (χ1) is 11.8. The van der Waals surface area contributed by atoms with Crippen molar-refractivity contribution in [2.24, 2.45) is 0 Å². The van der Waals surface area contributed by atoms with Gasteiger partial charge in [0.2, 0.25) is 10.0 Å². The Morgan fingerprint density at radius 2 is 1.88 bits per heavy atom. The highest BCUT2D eigenvalue weighted by molar-refractivity contribution is 7.89. The van der Waals surface area contributed by atoms with E-state index in [9.17, 15) is 13.2 Å². The van der Waals surface area contributed by atoms with Crippen molar-refractivity contribution in [2.45, 2.75) is 4.90 Å². The molecule has 0 aliphatic carbocycles. The maximum absolute atomic E-state index is 12.5. The first-order valence-corrected chi connectivity index (χ1v) is 9.37. The molecule has 0 radical (unpaired) electrons. The highest BCUT2D eigenvalue weighted by atomic mass is 35.5. The van der Waals surface area contributed by atoms with E-state index in [0.29, 0.717) is 18.9 Å². The lowest BCUT2D eigenvalue weighted by Crippen LogP contribution is -2.31. The summed E-state index contributed by atoms with van der Waals surface area (Å²) >= 11 is 6.06. The fourth-order valence-electron chi connectivity index (χ4n) is 2.08. The number of hydrogen-bond acceptors (Lipinski definition) is 4. The average molecular weight is 383 g/mol. The molecule has 1 amide bonds. The molecule has 0 saturated carbocycles. The van der Waals surface area contributed by atoms with Crippen molar-refractivity contribution in [3.63, 3.8) is 0 Å². The van der Waals surface area contributed by atoms with Crippen molar-refractivity contribution < 1.29 is 17.9 Å². The Kier molecular flexibility index (Phi) is 6.41. The van der Waals surface area contributed by atoms with Crippen molar-refractivity contribution in [3.8, 4) is 5.75 Å². The Bertz CT molecular complexity index is 841. The standard InChI is InChI=1S/C17H19ClN2O4S/c1-19-25(22,23)14-8-9-16(18)15(12-14)17(21)20(2)10-11-24-13-6-4-3-5-7-13/h3-9,12,19H,10-11H2,1-2H3. The first-order valence-electron chi connectivity index (χ1n) is 7.51. The number of hydrogen-bond donors (Lipinski definition) is 1. The molecule has 0 spiro atoms. The van der Waals surface area contributed by atoms with Crippen molar-refractivity contribution in [1.29, 1.82) is 0 Å². The number of benzene rings is 2. The number of nitrogens with zero attached hydrogens (tertiary/aromatic N) is 1. The first kappa shape index (κ1) is 19.2. The summed E-state index contributed by atoms with van der Waals surface area (Å²) in [5.74, 6) is 0.332. The molecule has 8 heteroatoms. The third-order valence-corrected chi connectivity index (χ3v) is 5.27. The lowest BCUT2D eigenvalue weighted by atomic mass is 10.2. The molecular formula is C17H19ClN2O4S. The molecular weight excluding hydrogens is 364 g/mol. The van der Waals surface area contributed by atoms with Gasteiger partial charge in [-0.05, 0) is 37.4 Å². The Morgan fingerprint density at radius 1 is 1.20 bits per heavy atom. The molecule has 2 rings (SSSR count). The summed E-state index contributed by atoms with van der Waals surface area (Å²) in [5.41, 5.74) is 0.125. The number of sulfonamides is 1. The number of amides is 1. The molecule has 2 aromatic rings. The minimum absolute atomic E-state index is 0.0170. The predicted molar refractivity (Wildman–Crippen MR) is 96.6 cm³/mol. The summed E-state index contributed by atoms with van der Waals surface area (Å²) in [5, 5.41) is 0.191. The molecule has 0 atom stereocenters. The number of likely N-dealkylation sites (N-methyl/N-ethyl adjacent to an activating group) is 1. The molecule has 2 aromatic carbocycles. The second kappa shape index (κ2) is 8.33. The van der Waals surface area contributed by atoms with Crippen LogP contribution in [0.15, 0.2) is 53.4 Å². The molecule has 134 valence electrons. The van der Waals surface area contributed by atoms with Crippen LogP contribution in [0.4, 0.5) is 0 Å².